The number of hydrogen-bond acceptors (Lipinski definition) is 6. The zero-order chi connectivity index (χ0) is 19.1. The first-order valence-corrected chi connectivity index (χ1v) is 7.72. The van der Waals surface area contributed by atoms with Crippen LogP contribution >= 0.6 is 0 Å². The number of halogens is 1. The van der Waals surface area contributed by atoms with E-state index in [0.29, 0.717) is 22.8 Å². The Bertz CT molecular complexity index is 777. The number of Topliss-reactive ketones (excluding diaryl/α,β-unsaturated/α-hetero) is 1. The molecule has 0 bridgehead atoms. The Hall–Kier alpha value is -3.09. The molecule has 0 aromatic heterocycles. The summed E-state index contributed by atoms with van der Waals surface area (Å²) in [4.78, 5) is 23.9. The Balaban J connectivity index is 2.04. The second-order valence-electron chi connectivity index (χ2n) is 5.27. The van der Waals surface area contributed by atoms with E-state index in [0.717, 1.165) is 0 Å². The van der Waals surface area contributed by atoms with Crippen LogP contribution in [0.2, 0.25) is 0 Å². The van der Waals surface area contributed by atoms with Gasteiger partial charge in [0, 0.05) is 0 Å². The molecule has 7 heteroatoms. The average Bonchev–Trinajstić information content (AvgIpc) is 2.65. The molecule has 0 amide bonds. The van der Waals surface area contributed by atoms with Crippen molar-refractivity contribution in [1.82, 2.24) is 0 Å². The molecule has 0 saturated heterocycles. The van der Waals surface area contributed by atoms with Gasteiger partial charge in [0.25, 0.3) is 0 Å². The smallest absolute Gasteiger partial charge is 0.310 e. The zero-order valence-corrected chi connectivity index (χ0v) is 14.7. The molecule has 0 heterocycles. The van der Waals surface area contributed by atoms with Crippen molar-refractivity contribution in [2.24, 2.45) is 0 Å². The second-order valence-corrected chi connectivity index (χ2v) is 5.27. The normalized spacial score (nSPS) is 10.2. The van der Waals surface area contributed by atoms with Crippen molar-refractivity contribution in [2.75, 3.05) is 27.9 Å². The van der Waals surface area contributed by atoms with Gasteiger partial charge in [0.1, 0.15) is 5.82 Å². The van der Waals surface area contributed by atoms with E-state index in [9.17, 15) is 14.0 Å². The highest BCUT2D eigenvalue weighted by Crippen LogP contribution is 2.38. The molecule has 0 aliphatic heterocycles. The number of methoxy groups -OCH3 is 3. The number of esters is 1. The van der Waals surface area contributed by atoms with Crippen molar-refractivity contribution in [3.63, 3.8) is 0 Å². The molecule has 2 aromatic rings. The van der Waals surface area contributed by atoms with Gasteiger partial charge in [0.15, 0.2) is 18.1 Å². The van der Waals surface area contributed by atoms with Gasteiger partial charge in [-0.3, -0.25) is 9.59 Å². The Morgan fingerprint density at radius 2 is 1.58 bits per heavy atom. The maximum absolute atomic E-state index is 13.5. The Labute approximate surface area is 150 Å². The van der Waals surface area contributed by atoms with Crippen molar-refractivity contribution in [3.05, 3.63) is 53.3 Å². The first kappa shape index (κ1) is 19.2. The van der Waals surface area contributed by atoms with Crippen LogP contribution in [0.25, 0.3) is 0 Å². The third kappa shape index (κ3) is 4.50. The van der Waals surface area contributed by atoms with Crippen molar-refractivity contribution in [3.8, 4) is 17.2 Å². The summed E-state index contributed by atoms with van der Waals surface area (Å²) in [6, 6.07) is 8.74. The minimum absolute atomic E-state index is 0.110. The van der Waals surface area contributed by atoms with E-state index in [1.54, 1.807) is 12.1 Å². The van der Waals surface area contributed by atoms with Crippen molar-refractivity contribution in [2.45, 2.75) is 6.42 Å². The predicted molar refractivity (Wildman–Crippen MR) is 91.5 cm³/mol. The first-order chi connectivity index (χ1) is 12.5. The standard InChI is InChI=1S/C19H19FO6/c1-23-16-8-12(9-17(24-2)19(16)25-3)10-18(22)26-11-15(21)13-6-4-5-7-14(13)20/h4-9H,10-11H2,1-3H3. The van der Waals surface area contributed by atoms with Crippen LogP contribution in [0.15, 0.2) is 36.4 Å². The molecule has 0 spiro atoms. The van der Waals surface area contributed by atoms with Crippen LogP contribution in [0.4, 0.5) is 4.39 Å². The monoisotopic (exact) mass is 362 g/mol. The van der Waals surface area contributed by atoms with E-state index in [4.69, 9.17) is 18.9 Å². The minimum Gasteiger partial charge on any atom is -0.493 e. The summed E-state index contributed by atoms with van der Waals surface area (Å²) in [6.07, 6.45) is -0.110. The largest absolute Gasteiger partial charge is 0.493 e. The number of rotatable bonds is 8. The molecule has 0 aliphatic carbocycles. The summed E-state index contributed by atoms with van der Waals surface area (Å²) in [5, 5.41) is 0. The van der Waals surface area contributed by atoms with Gasteiger partial charge >= 0.3 is 5.97 Å². The summed E-state index contributed by atoms with van der Waals surface area (Å²) in [5.41, 5.74) is 0.441. The van der Waals surface area contributed by atoms with E-state index >= 15 is 0 Å². The predicted octanol–water partition coefficient (Wildman–Crippen LogP) is 2.82. The van der Waals surface area contributed by atoms with E-state index < -0.39 is 24.2 Å². The third-order valence-corrected chi connectivity index (χ3v) is 3.61. The summed E-state index contributed by atoms with van der Waals surface area (Å²) in [7, 11) is 4.40. The highest BCUT2D eigenvalue weighted by Gasteiger charge is 2.17. The number of ketones is 1. The quantitative estimate of drug-likeness (QED) is 0.531. The first-order valence-electron chi connectivity index (χ1n) is 7.72. The van der Waals surface area contributed by atoms with Gasteiger partial charge in [-0.05, 0) is 29.8 Å². The second kappa shape index (κ2) is 8.84. The Kier molecular flexibility index (Phi) is 6.54. The molecule has 26 heavy (non-hydrogen) atoms. The van der Waals surface area contributed by atoms with E-state index in [-0.39, 0.29) is 12.0 Å². The topological polar surface area (TPSA) is 71.1 Å². The summed E-state index contributed by atoms with van der Waals surface area (Å²) in [5.74, 6) is -0.695. The van der Waals surface area contributed by atoms with Crippen LogP contribution in [0.3, 0.4) is 0 Å². The zero-order valence-electron chi connectivity index (χ0n) is 14.7. The summed E-state index contributed by atoms with van der Waals surface area (Å²) in [6.45, 7) is -0.538. The molecule has 0 atom stereocenters. The summed E-state index contributed by atoms with van der Waals surface area (Å²) < 4.78 is 34.1. The highest BCUT2D eigenvalue weighted by molar-refractivity contribution is 5.98. The molecule has 2 rings (SSSR count). The molecule has 0 fully saturated rings. The Morgan fingerprint density at radius 1 is 0.962 bits per heavy atom. The van der Waals surface area contributed by atoms with Crippen molar-refractivity contribution < 1.29 is 32.9 Å². The van der Waals surface area contributed by atoms with Crippen LogP contribution in [0.1, 0.15) is 15.9 Å². The highest BCUT2D eigenvalue weighted by atomic mass is 19.1. The van der Waals surface area contributed by atoms with E-state index in [1.165, 1.54) is 45.6 Å². The number of carbonyl (C=O) groups excluding carboxylic acids is 2. The van der Waals surface area contributed by atoms with Crippen molar-refractivity contribution in [1.29, 1.82) is 0 Å². The molecule has 0 saturated carbocycles. The molecule has 0 unspecified atom stereocenters. The third-order valence-electron chi connectivity index (χ3n) is 3.61. The fraction of sp³-hybridized carbons (Fsp3) is 0.263. The molecule has 0 aliphatic rings. The fourth-order valence-electron chi connectivity index (χ4n) is 2.37. The van der Waals surface area contributed by atoms with Gasteiger partial charge in [-0.2, -0.15) is 0 Å². The number of benzene rings is 2. The van der Waals surface area contributed by atoms with Gasteiger partial charge in [-0.1, -0.05) is 12.1 Å². The molecule has 138 valence electrons. The molecule has 0 radical (unpaired) electrons. The van der Waals surface area contributed by atoms with Gasteiger partial charge in [-0.25, -0.2) is 4.39 Å². The lowest BCUT2D eigenvalue weighted by atomic mass is 10.1. The van der Waals surface area contributed by atoms with Gasteiger partial charge in [0.2, 0.25) is 11.5 Å². The SMILES string of the molecule is COc1cc(CC(=O)OCC(=O)c2ccccc2F)cc(OC)c1OC. The number of ether oxygens (including phenoxy) is 4. The fourth-order valence-corrected chi connectivity index (χ4v) is 2.37. The van der Waals surface area contributed by atoms with E-state index in [1.807, 2.05) is 0 Å². The van der Waals surface area contributed by atoms with Gasteiger partial charge < -0.3 is 18.9 Å². The lowest BCUT2D eigenvalue weighted by Crippen LogP contribution is -2.16. The van der Waals surface area contributed by atoms with Crippen LogP contribution in [-0.4, -0.2) is 39.7 Å². The lowest BCUT2D eigenvalue weighted by molar-refractivity contribution is -0.141. The molecular weight excluding hydrogens is 343 g/mol. The van der Waals surface area contributed by atoms with E-state index in [2.05, 4.69) is 0 Å². The van der Waals surface area contributed by atoms with Crippen LogP contribution in [0, 0.1) is 5.82 Å². The molecule has 0 N–H and O–H groups in total. The minimum atomic E-state index is -0.654. The van der Waals surface area contributed by atoms with Crippen LogP contribution in [-0.2, 0) is 16.0 Å². The maximum atomic E-state index is 13.5. The summed E-state index contributed by atoms with van der Waals surface area (Å²) >= 11 is 0. The van der Waals surface area contributed by atoms with Gasteiger partial charge in [-0.15, -0.1) is 0 Å². The van der Waals surface area contributed by atoms with Crippen LogP contribution < -0.4 is 14.2 Å². The van der Waals surface area contributed by atoms with Gasteiger partial charge in [0.05, 0.1) is 33.3 Å². The number of carbonyl (C=O) groups is 2. The average molecular weight is 362 g/mol. The molecule has 2 aromatic carbocycles. The molecule has 6 nitrogen and oxygen atoms in total. The number of hydrogen-bond donors (Lipinski definition) is 0. The van der Waals surface area contributed by atoms with Crippen molar-refractivity contribution >= 4 is 11.8 Å². The van der Waals surface area contributed by atoms with Crippen LogP contribution in [0.5, 0.6) is 17.2 Å². The lowest BCUT2D eigenvalue weighted by Gasteiger charge is -2.14. The Morgan fingerprint density at radius 3 is 2.12 bits per heavy atom. The molecular formula is C19H19FO6. The maximum Gasteiger partial charge on any atom is 0.310 e.